The Kier molecular flexibility index (Phi) is 4.94. The van der Waals surface area contributed by atoms with Gasteiger partial charge in [0, 0.05) is 17.3 Å². The predicted molar refractivity (Wildman–Crippen MR) is 68.5 cm³/mol. The van der Waals surface area contributed by atoms with Crippen LogP contribution in [0.3, 0.4) is 0 Å². The van der Waals surface area contributed by atoms with Crippen LogP contribution in [-0.4, -0.2) is 33.8 Å². The molecule has 0 amide bonds. The standard InChI is InChI=1S/C12H25NOS/c1-5-15-11-8-6-7-10(11)13-9(2)12(3,4)14/h9-11,13-14H,5-8H2,1-4H3. The maximum Gasteiger partial charge on any atom is 0.0741 e. The molecule has 90 valence electrons. The van der Waals surface area contributed by atoms with Gasteiger partial charge >= 0.3 is 0 Å². The summed E-state index contributed by atoms with van der Waals surface area (Å²) in [6.45, 7) is 8.05. The monoisotopic (exact) mass is 231 g/mol. The second-order valence-corrected chi connectivity index (χ2v) is 6.59. The quantitative estimate of drug-likeness (QED) is 0.762. The lowest BCUT2D eigenvalue weighted by Gasteiger charge is -2.32. The number of nitrogens with one attached hydrogen (secondary N) is 1. The van der Waals surface area contributed by atoms with Crippen LogP contribution in [0.25, 0.3) is 0 Å². The Balaban J connectivity index is 2.43. The van der Waals surface area contributed by atoms with Crippen LogP contribution in [0.1, 0.15) is 47.0 Å². The van der Waals surface area contributed by atoms with Gasteiger partial charge in [-0.2, -0.15) is 11.8 Å². The van der Waals surface area contributed by atoms with Gasteiger partial charge in [-0.15, -0.1) is 0 Å². The van der Waals surface area contributed by atoms with Crippen LogP contribution in [-0.2, 0) is 0 Å². The average molecular weight is 231 g/mol. The lowest BCUT2D eigenvalue weighted by molar-refractivity contribution is 0.0403. The van der Waals surface area contributed by atoms with Gasteiger partial charge in [0.25, 0.3) is 0 Å². The molecule has 15 heavy (non-hydrogen) atoms. The second-order valence-electron chi connectivity index (χ2n) is 5.07. The number of thioether (sulfide) groups is 1. The van der Waals surface area contributed by atoms with Gasteiger partial charge in [-0.3, -0.25) is 0 Å². The van der Waals surface area contributed by atoms with Crippen LogP contribution in [0.4, 0.5) is 0 Å². The molecular weight excluding hydrogens is 206 g/mol. The summed E-state index contributed by atoms with van der Waals surface area (Å²) >= 11 is 2.06. The third kappa shape index (κ3) is 3.97. The fourth-order valence-electron chi connectivity index (χ4n) is 2.06. The molecule has 0 saturated heterocycles. The first-order valence-corrected chi connectivity index (χ1v) is 7.10. The Labute approximate surface area is 98.2 Å². The number of aliphatic hydroxyl groups is 1. The molecule has 0 aliphatic heterocycles. The minimum Gasteiger partial charge on any atom is -0.389 e. The highest BCUT2D eigenvalue weighted by atomic mass is 32.2. The molecule has 1 aliphatic carbocycles. The van der Waals surface area contributed by atoms with Crippen molar-refractivity contribution in [1.82, 2.24) is 5.32 Å². The first kappa shape index (κ1) is 13.3. The molecule has 1 fully saturated rings. The van der Waals surface area contributed by atoms with E-state index in [2.05, 4.69) is 30.9 Å². The van der Waals surface area contributed by atoms with E-state index in [-0.39, 0.29) is 6.04 Å². The summed E-state index contributed by atoms with van der Waals surface area (Å²) in [5.41, 5.74) is -0.621. The van der Waals surface area contributed by atoms with E-state index >= 15 is 0 Å². The van der Waals surface area contributed by atoms with Gasteiger partial charge in [0.1, 0.15) is 0 Å². The van der Waals surface area contributed by atoms with E-state index in [1.165, 1.54) is 25.0 Å². The normalized spacial score (nSPS) is 29.4. The molecule has 1 aliphatic rings. The van der Waals surface area contributed by atoms with Crippen LogP contribution < -0.4 is 5.32 Å². The smallest absolute Gasteiger partial charge is 0.0741 e. The molecule has 0 heterocycles. The minimum atomic E-state index is -0.621. The van der Waals surface area contributed by atoms with E-state index in [1.807, 2.05) is 13.8 Å². The molecule has 2 N–H and O–H groups in total. The third-order valence-corrected chi connectivity index (χ3v) is 4.68. The van der Waals surface area contributed by atoms with Crippen molar-refractivity contribution in [2.24, 2.45) is 0 Å². The van der Waals surface area contributed by atoms with Crippen LogP contribution in [0, 0.1) is 0 Å². The Morgan fingerprint density at radius 1 is 1.47 bits per heavy atom. The Bertz CT molecular complexity index is 191. The molecule has 0 aromatic rings. The molecule has 0 radical (unpaired) electrons. The molecule has 3 atom stereocenters. The summed E-state index contributed by atoms with van der Waals surface area (Å²) in [6.07, 6.45) is 3.92. The average Bonchev–Trinajstić information content (AvgIpc) is 2.52. The van der Waals surface area contributed by atoms with Crippen molar-refractivity contribution in [3.8, 4) is 0 Å². The zero-order valence-electron chi connectivity index (χ0n) is 10.4. The van der Waals surface area contributed by atoms with Gasteiger partial charge in [0.2, 0.25) is 0 Å². The molecule has 0 spiro atoms. The van der Waals surface area contributed by atoms with Crippen LogP contribution in [0.5, 0.6) is 0 Å². The van der Waals surface area contributed by atoms with E-state index in [4.69, 9.17) is 0 Å². The SMILES string of the molecule is CCSC1CCCC1NC(C)C(C)(C)O. The van der Waals surface area contributed by atoms with E-state index in [0.717, 1.165) is 5.25 Å². The van der Waals surface area contributed by atoms with Gasteiger partial charge in [-0.05, 0) is 39.4 Å². The predicted octanol–water partition coefficient (Wildman–Crippen LogP) is 2.41. The second kappa shape index (κ2) is 5.55. The van der Waals surface area contributed by atoms with Crippen molar-refractivity contribution in [2.45, 2.75) is 69.9 Å². The lowest BCUT2D eigenvalue weighted by atomic mass is 9.99. The van der Waals surface area contributed by atoms with Crippen molar-refractivity contribution in [2.75, 3.05) is 5.75 Å². The molecule has 0 aromatic carbocycles. The maximum atomic E-state index is 9.89. The summed E-state index contributed by atoms with van der Waals surface area (Å²) in [5, 5.41) is 14.2. The summed E-state index contributed by atoms with van der Waals surface area (Å²) in [5.74, 6) is 1.19. The van der Waals surface area contributed by atoms with Gasteiger partial charge < -0.3 is 10.4 Å². The van der Waals surface area contributed by atoms with Crippen molar-refractivity contribution >= 4 is 11.8 Å². The highest BCUT2D eigenvalue weighted by molar-refractivity contribution is 7.99. The Morgan fingerprint density at radius 3 is 2.67 bits per heavy atom. The fraction of sp³-hybridized carbons (Fsp3) is 1.00. The zero-order chi connectivity index (χ0) is 11.5. The third-order valence-electron chi connectivity index (χ3n) is 3.36. The molecule has 0 bridgehead atoms. The van der Waals surface area contributed by atoms with Crippen LogP contribution in [0.15, 0.2) is 0 Å². The molecule has 3 unspecified atom stereocenters. The Hall–Kier alpha value is 0.270. The first-order valence-electron chi connectivity index (χ1n) is 6.05. The van der Waals surface area contributed by atoms with Crippen molar-refractivity contribution in [3.63, 3.8) is 0 Å². The van der Waals surface area contributed by atoms with Crippen LogP contribution in [0.2, 0.25) is 0 Å². The Morgan fingerprint density at radius 2 is 2.13 bits per heavy atom. The molecule has 1 saturated carbocycles. The van der Waals surface area contributed by atoms with E-state index in [9.17, 15) is 5.11 Å². The van der Waals surface area contributed by atoms with Crippen LogP contribution >= 0.6 is 11.8 Å². The lowest BCUT2D eigenvalue weighted by Crippen LogP contribution is -2.50. The summed E-state index contributed by atoms with van der Waals surface area (Å²) in [7, 11) is 0. The summed E-state index contributed by atoms with van der Waals surface area (Å²) in [6, 6.07) is 0.761. The molecule has 1 rings (SSSR count). The highest BCUT2D eigenvalue weighted by Gasteiger charge is 2.31. The maximum absolute atomic E-state index is 9.89. The summed E-state index contributed by atoms with van der Waals surface area (Å²) in [4.78, 5) is 0. The topological polar surface area (TPSA) is 32.3 Å². The van der Waals surface area contributed by atoms with Gasteiger partial charge in [-0.1, -0.05) is 13.3 Å². The fourth-order valence-corrected chi connectivity index (χ4v) is 3.26. The molecule has 2 nitrogen and oxygen atoms in total. The van der Waals surface area contributed by atoms with Crippen molar-refractivity contribution in [3.05, 3.63) is 0 Å². The van der Waals surface area contributed by atoms with Gasteiger partial charge in [-0.25, -0.2) is 0 Å². The van der Waals surface area contributed by atoms with Crippen molar-refractivity contribution < 1.29 is 5.11 Å². The minimum absolute atomic E-state index is 0.167. The van der Waals surface area contributed by atoms with Gasteiger partial charge in [0.05, 0.1) is 5.60 Å². The van der Waals surface area contributed by atoms with E-state index in [1.54, 1.807) is 0 Å². The van der Waals surface area contributed by atoms with Gasteiger partial charge in [0.15, 0.2) is 0 Å². The molecule has 0 aromatic heterocycles. The van der Waals surface area contributed by atoms with Crippen molar-refractivity contribution in [1.29, 1.82) is 0 Å². The van der Waals surface area contributed by atoms with E-state index < -0.39 is 5.60 Å². The molecule has 3 heteroatoms. The zero-order valence-corrected chi connectivity index (χ0v) is 11.2. The largest absolute Gasteiger partial charge is 0.389 e. The molecular formula is C12H25NOS. The number of hydrogen-bond acceptors (Lipinski definition) is 3. The number of hydrogen-bond donors (Lipinski definition) is 2. The number of rotatable bonds is 5. The summed E-state index contributed by atoms with van der Waals surface area (Å²) < 4.78 is 0. The first-order chi connectivity index (χ1) is 6.95. The van der Waals surface area contributed by atoms with E-state index in [0.29, 0.717) is 6.04 Å². The highest BCUT2D eigenvalue weighted by Crippen LogP contribution is 2.30.